The number of benzene rings is 3. The highest BCUT2D eigenvalue weighted by molar-refractivity contribution is 7.98. The van der Waals surface area contributed by atoms with Gasteiger partial charge in [0.2, 0.25) is 11.8 Å². The predicted molar refractivity (Wildman–Crippen MR) is 170 cm³/mol. The Labute approximate surface area is 254 Å². The van der Waals surface area contributed by atoms with Gasteiger partial charge in [-0.05, 0) is 86.5 Å². The smallest absolute Gasteiger partial charge is 0.264 e. The standard InChI is InChI=1S/C32H41N3O5S2/c1-5-22-33-32(37)30(6-2)34(23-21-25-11-9-8-10-12-25)31(36)24-35(26-13-15-27(16-14-26)40-7-3)42(38,39)29-19-17-28(41-4)18-20-29/h8-20,30H,5-7,21-24H2,1-4H3,(H,33,37)/t30-/m1/s1. The molecular formula is C32H41N3O5S2. The first-order chi connectivity index (χ1) is 20.2. The van der Waals surface area contributed by atoms with Crippen molar-refractivity contribution in [2.45, 2.75) is 55.9 Å². The van der Waals surface area contributed by atoms with Gasteiger partial charge in [0.25, 0.3) is 10.0 Å². The average Bonchev–Trinajstić information content (AvgIpc) is 3.01. The second-order valence-corrected chi connectivity index (χ2v) is 12.4. The SMILES string of the molecule is CCCNC(=O)[C@@H](CC)N(CCc1ccccc1)C(=O)CN(c1ccc(OCC)cc1)S(=O)(=O)c1ccc(SC)cc1. The molecule has 226 valence electrons. The summed E-state index contributed by atoms with van der Waals surface area (Å²) in [7, 11) is -4.13. The van der Waals surface area contributed by atoms with Crippen LogP contribution >= 0.6 is 11.8 Å². The van der Waals surface area contributed by atoms with Crippen LogP contribution in [-0.2, 0) is 26.0 Å². The Morgan fingerprint density at radius 2 is 1.60 bits per heavy atom. The number of nitrogens with zero attached hydrogens (tertiary/aromatic N) is 2. The molecule has 0 unspecified atom stereocenters. The van der Waals surface area contributed by atoms with Crippen molar-refractivity contribution in [3.05, 3.63) is 84.4 Å². The maximum absolute atomic E-state index is 14.1. The van der Waals surface area contributed by atoms with Crippen LogP contribution in [0.5, 0.6) is 5.75 Å². The minimum Gasteiger partial charge on any atom is -0.494 e. The summed E-state index contributed by atoms with van der Waals surface area (Å²) in [5.41, 5.74) is 1.34. The minimum atomic E-state index is -4.13. The van der Waals surface area contributed by atoms with Crippen LogP contribution in [0.1, 0.15) is 39.2 Å². The number of rotatable bonds is 16. The number of carbonyl (C=O) groups excluding carboxylic acids is 2. The van der Waals surface area contributed by atoms with E-state index in [1.165, 1.54) is 16.7 Å². The van der Waals surface area contributed by atoms with E-state index in [0.29, 0.717) is 37.4 Å². The van der Waals surface area contributed by atoms with Crippen LogP contribution in [0.2, 0.25) is 0 Å². The minimum absolute atomic E-state index is 0.0746. The van der Waals surface area contributed by atoms with Crippen LogP contribution in [0.4, 0.5) is 5.69 Å². The second kappa shape index (κ2) is 16.2. The van der Waals surface area contributed by atoms with Crippen molar-refractivity contribution in [2.24, 2.45) is 0 Å². The van der Waals surface area contributed by atoms with Gasteiger partial charge in [-0.3, -0.25) is 13.9 Å². The number of hydrogen-bond acceptors (Lipinski definition) is 6. The van der Waals surface area contributed by atoms with E-state index < -0.39 is 28.5 Å². The first-order valence-electron chi connectivity index (χ1n) is 14.3. The molecule has 2 amide bonds. The fraction of sp³-hybridized carbons (Fsp3) is 0.375. The summed E-state index contributed by atoms with van der Waals surface area (Å²) in [6.45, 7) is 6.45. The largest absolute Gasteiger partial charge is 0.494 e. The number of thioether (sulfide) groups is 1. The Bertz CT molecular complexity index is 1380. The molecule has 8 nitrogen and oxygen atoms in total. The van der Waals surface area contributed by atoms with Gasteiger partial charge >= 0.3 is 0 Å². The molecule has 10 heteroatoms. The molecule has 3 rings (SSSR count). The third-order valence-electron chi connectivity index (χ3n) is 6.78. The van der Waals surface area contributed by atoms with Crippen LogP contribution in [0.3, 0.4) is 0 Å². The Balaban J connectivity index is 2.01. The summed E-state index contributed by atoms with van der Waals surface area (Å²) in [6, 6.07) is 22.2. The third-order valence-corrected chi connectivity index (χ3v) is 9.31. The monoisotopic (exact) mass is 611 g/mol. The lowest BCUT2D eigenvalue weighted by Crippen LogP contribution is -2.53. The van der Waals surface area contributed by atoms with E-state index in [2.05, 4.69) is 5.32 Å². The molecule has 0 aliphatic heterocycles. The van der Waals surface area contributed by atoms with Crippen LogP contribution in [0, 0.1) is 0 Å². The van der Waals surface area contributed by atoms with Crippen molar-refractivity contribution in [3.8, 4) is 5.75 Å². The van der Waals surface area contributed by atoms with Crippen molar-refractivity contribution < 1.29 is 22.7 Å². The number of amides is 2. The summed E-state index contributed by atoms with van der Waals surface area (Å²) >= 11 is 1.51. The molecule has 0 heterocycles. The molecule has 3 aromatic rings. The van der Waals surface area contributed by atoms with Gasteiger partial charge in [-0.25, -0.2) is 8.42 Å². The van der Waals surface area contributed by atoms with E-state index in [4.69, 9.17) is 4.74 Å². The Kier molecular flexibility index (Phi) is 12.7. The zero-order valence-corrected chi connectivity index (χ0v) is 26.4. The molecule has 0 aliphatic rings. The number of sulfonamides is 1. The summed E-state index contributed by atoms with van der Waals surface area (Å²) in [4.78, 5) is 29.8. The normalized spacial score (nSPS) is 11.9. The van der Waals surface area contributed by atoms with E-state index in [-0.39, 0.29) is 17.3 Å². The van der Waals surface area contributed by atoms with E-state index >= 15 is 0 Å². The van der Waals surface area contributed by atoms with E-state index in [0.717, 1.165) is 21.2 Å². The molecule has 1 N–H and O–H groups in total. The highest BCUT2D eigenvalue weighted by atomic mass is 32.2. The molecule has 0 aliphatic carbocycles. The number of ether oxygens (including phenoxy) is 1. The molecule has 3 aromatic carbocycles. The lowest BCUT2D eigenvalue weighted by molar-refractivity contribution is -0.139. The van der Waals surface area contributed by atoms with Crippen LogP contribution in [0.15, 0.2) is 88.7 Å². The summed E-state index contributed by atoms with van der Waals surface area (Å²) in [6.07, 6.45) is 3.59. The fourth-order valence-electron chi connectivity index (χ4n) is 4.54. The van der Waals surface area contributed by atoms with E-state index in [9.17, 15) is 18.0 Å². The zero-order valence-electron chi connectivity index (χ0n) is 24.8. The molecule has 0 radical (unpaired) electrons. The molecule has 0 saturated heterocycles. The highest BCUT2D eigenvalue weighted by Gasteiger charge is 2.33. The predicted octanol–water partition coefficient (Wildman–Crippen LogP) is 5.38. The first kappa shape index (κ1) is 33.0. The lowest BCUT2D eigenvalue weighted by Gasteiger charge is -2.33. The molecule has 1 atom stereocenters. The van der Waals surface area contributed by atoms with Crippen molar-refractivity contribution in [1.29, 1.82) is 0 Å². The van der Waals surface area contributed by atoms with Gasteiger partial charge in [0.15, 0.2) is 0 Å². The van der Waals surface area contributed by atoms with Crippen molar-refractivity contribution >= 4 is 39.3 Å². The summed E-state index contributed by atoms with van der Waals surface area (Å²) < 4.78 is 34.7. The Morgan fingerprint density at radius 3 is 2.17 bits per heavy atom. The lowest BCUT2D eigenvalue weighted by atomic mass is 10.1. The molecular weight excluding hydrogens is 571 g/mol. The molecule has 0 spiro atoms. The molecule has 0 saturated carbocycles. The maximum atomic E-state index is 14.1. The number of carbonyl (C=O) groups is 2. The average molecular weight is 612 g/mol. The summed E-state index contributed by atoms with van der Waals surface area (Å²) in [5, 5.41) is 2.91. The van der Waals surface area contributed by atoms with Crippen molar-refractivity contribution in [1.82, 2.24) is 10.2 Å². The van der Waals surface area contributed by atoms with Gasteiger partial charge in [-0.15, -0.1) is 11.8 Å². The molecule has 0 aromatic heterocycles. The number of anilines is 1. The second-order valence-electron chi connectivity index (χ2n) is 9.65. The number of nitrogens with one attached hydrogen (secondary N) is 1. The van der Waals surface area contributed by atoms with Gasteiger partial charge in [-0.2, -0.15) is 0 Å². The topological polar surface area (TPSA) is 96.0 Å². The van der Waals surface area contributed by atoms with Gasteiger partial charge < -0.3 is 15.0 Å². The zero-order chi connectivity index (χ0) is 30.5. The Hall–Kier alpha value is -3.50. The van der Waals surface area contributed by atoms with Crippen LogP contribution in [-0.4, -0.2) is 63.7 Å². The first-order valence-corrected chi connectivity index (χ1v) is 16.9. The summed E-state index contributed by atoms with van der Waals surface area (Å²) in [5.74, 6) is -0.108. The molecule has 42 heavy (non-hydrogen) atoms. The maximum Gasteiger partial charge on any atom is 0.264 e. The van der Waals surface area contributed by atoms with Gasteiger partial charge in [0.05, 0.1) is 17.2 Å². The van der Waals surface area contributed by atoms with Crippen LogP contribution < -0.4 is 14.4 Å². The Morgan fingerprint density at radius 1 is 0.929 bits per heavy atom. The number of hydrogen-bond donors (Lipinski definition) is 1. The molecule has 0 fully saturated rings. The van der Waals surface area contributed by atoms with Crippen molar-refractivity contribution in [2.75, 3.05) is 36.8 Å². The van der Waals surface area contributed by atoms with Gasteiger partial charge in [0.1, 0.15) is 18.3 Å². The quantitative estimate of drug-likeness (QED) is 0.219. The van der Waals surface area contributed by atoms with Gasteiger partial charge in [-0.1, -0.05) is 44.2 Å². The van der Waals surface area contributed by atoms with Crippen LogP contribution in [0.25, 0.3) is 0 Å². The van der Waals surface area contributed by atoms with Crippen molar-refractivity contribution in [3.63, 3.8) is 0 Å². The third kappa shape index (κ3) is 8.75. The highest BCUT2D eigenvalue weighted by Crippen LogP contribution is 2.28. The van der Waals surface area contributed by atoms with E-state index in [1.807, 2.05) is 57.4 Å². The fourth-order valence-corrected chi connectivity index (χ4v) is 6.36. The molecule has 0 bridgehead atoms. The van der Waals surface area contributed by atoms with Gasteiger partial charge in [0, 0.05) is 18.0 Å². The van der Waals surface area contributed by atoms with E-state index in [1.54, 1.807) is 48.5 Å².